The molecule has 1 aromatic rings. The first-order valence-corrected chi connectivity index (χ1v) is 5.07. The molecule has 1 rings (SSSR count). The van der Waals surface area contributed by atoms with Gasteiger partial charge in [0, 0.05) is 11.8 Å². The van der Waals surface area contributed by atoms with E-state index in [0.29, 0.717) is 5.56 Å². The van der Waals surface area contributed by atoms with Gasteiger partial charge in [-0.15, -0.1) is 0 Å². The lowest BCUT2D eigenvalue weighted by Gasteiger charge is -2.13. The first-order chi connectivity index (χ1) is 6.49. The summed E-state index contributed by atoms with van der Waals surface area (Å²) in [6, 6.07) is 1.86. The molecule has 0 bridgehead atoms. The number of aldehydes is 1. The largest absolute Gasteiger partial charge is 0.465 e. The van der Waals surface area contributed by atoms with Gasteiger partial charge in [-0.1, -0.05) is 27.7 Å². The van der Waals surface area contributed by atoms with E-state index in [0.717, 1.165) is 30.6 Å². The minimum absolute atomic E-state index is 0.0241. The molecule has 0 aromatic carbocycles. The van der Waals surface area contributed by atoms with Crippen LogP contribution in [0.3, 0.4) is 0 Å². The SMILES string of the molecule is CCCc1oc(C(C)(C)C)cc1C=O. The third-order valence-electron chi connectivity index (χ3n) is 2.18. The van der Waals surface area contributed by atoms with Crippen molar-refractivity contribution >= 4 is 6.29 Å². The molecular weight excluding hydrogens is 176 g/mol. The predicted octanol–water partition coefficient (Wildman–Crippen LogP) is 3.34. The predicted molar refractivity (Wildman–Crippen MR) is 56.8 cm³/mol. The molecule has 0 spiro atoms. The fourth-order valence-corrected chi connectivity index (χ4v) is 1.33. The topological polar surface area (TPSA) is 30.2 Å². The van der Waals surface area contributed by atoms with E-state index >= 15 is 0 Å². The summed E-state index contributed by atoms with van der Waals surface area (Å²) >= 11 is 0. The number of hydrogen-bond donors (Lipinski definition) is 0. The number of hydrogen-bond acceptors (Lipinski definition) is 2. The van der Waals surface area contributed by atoms with E-state index in [-0.39, 0.29) is 5.41 Å². The maximum Gasteiger partial charge on any atom is 0.153 e. The second kappa shape index (κ2) is 3.99. The van der Waals surface area contributed by atoms with Crippen LogP contribution in [0.25, 0.3) is 0 Å². The van der Waals surface area contributed by atoms with Crippen molar-refractivity contribution in [2.45, 2.75) is 46.0 Å². The number of furan rings is 1. The Morgan fingerprint density at radius 2 is 2.07 bits per heavy atom. The van der Waals surface area contributed by atoms with E-state index in [2.05, 4.69) is 27.7 Å². The molecule has 0 saturated carbocycles. The number of rotatable bonds is 3. The molecule has 0 aliphatic rings. The number of carbonyl (C=O) groups excluding carboxylic acids is 1. The molecule has 0 fully saturated rings. The van der Waals surface area contributed by atoms with Crippen LogP contribution in [0, 0.1) is 0 Å². The average Bonchev–Trinajstić information content (AvgIpc) is 2.47. The van der Waals surface area contributed by atoms with E-state index in [1.165, 1.54) is 0 Å². The van der Waals surface area contributed by atoms with Crippen LogP contribution in [0.4, 0.5) is 0 Å². The Morgan fingerprint density at radius 1 is 1.43 bits per heavy atom. The van der Waals surface area contributed by atoms with Crippen LogP contribution >= 0.6 is 0 Å². The zero-order chi connectivity index (χ0) is 10.8. The van der Waals surface area contributed by atoms with Gasteiger partial charge in [0.1, 0.15) is 11.5 Å². The molecule has 78 valence electrons. The minimum Gasteiger partial charge on any atom is -0.465 e. The second-order valence-corrected chi connectivity index (χ2v) is 4.61. The molecule has 0 saturated heterocycles. The van der Waals surface area contributed by atoms with Gasteiger partial charge in [-0.25, -0.2) is 0 Å². The van der Waals surface area contributed by atoms with E-state index in [4.69, 9.17) is 4.42 Å². The molecule has 0 unspecified atom stereocenters. The molecule has 1 heterocycles. The molecule has 0 atom stereocenters. The van der Waals surface area contributed by atoms with Crippen molar-refractivity contribution in [1.29, 1.82) is 0 Å². The highest BCUT2D eigenvalue weighted by atomic mass is 16.3. The fraction of sp³-hybridized carbons (Fsp3) is 0.583. The summed E-state index contributed by atoms with van der Waals surface area (Å²) in [6.07, 6.45) is 2.71. The van der Waals surface area contributed by atoms with Gasteiger partial charge in [0.05, 0.1) is 5.56 Å². The lowest BCUT2D eigenvalue weighted by molar-refractivity contribution is 0.112. The first kappa shape index (κ1) is 11.0. The average molecular weight is 194 g/mol. The third-order valence-corrected chi connectivity index (χ3v) is 2.18. The molecule has 0 N–H and O–H groups in total. The van der Waals surface area contributed by atoms with Crippen molar-refractivity contribution < 1.29 is 9.21 Å². The summed E-state index contributed by atoms with van der Waals surface area (Å²) in [5.74, 6) is 1.72. The van der Waals surface area contributed by atoms with Gasteiger partial charge in [-0.05, 0) is 12.5 Å². The lowest BCUT2D eigenvalue weighted by Crippen LogP contribution is -2.09. The standard InChI is InChI=1S/C12H18O2/c1-5-6-10-9(8-13)7-11(14-10)12(2,3)4/h7-8H,5-6H2,1-4H3. The van der Waals surface area contributed by atoms with Crippen LogP contribution in [0.2, 0.25) is 0 Å². The highest BCUT2D eigenvalue weighted by molar-refractivity contribution is 5.76. The van der Waals surface area contributed by atoms with Gasteiger partial charge in [0.25, 0.3) is 0 Å². The van der Waals surface area contributed by atoms with Gasteiger partial charge in [0.2, 0.25) is 0 Å². The quantitative estimate of drug-likeness (QED) is 0.691. The normalized spacial score (nSPS) is 11.7. The van der Waals surface area contributed by atoms with Crippen LogP contribution in [0.15, 0.2) is 10.5 Å². The van der Waals surface area contributed by atoms with Crippen LogP contribution in [-0.4, -0.2) is 6.29 Å². The first-order valence-electron chi connectivity index (χ1n) is 5.07. The van der Waals surface area contributed by atoms with Crippen molar-refractivity contribution in [3.63, 3.8) is 0 Å². The van der Waals surface area contributed by atoms with Crippen LogP contribution in [-0.2, 0) is 11.8 Å². The van der Waals surface area contributed by atoms with Gasteiger partial charge >= 0.3 is 0 Å². The van der Waals surface area contributed by atoms with Gasteiger partial charge in [0.15, 0.2) is 6.29 Å². The Bertz CT molecular complexity index is 316. The summed E-state index contributed by atoms with van der Waals surface area (Å²) in [6.45, 7) is 8.32. The second-order valence-electron chi connectivity index (χ2n) is 4.61. The van der Waals surface area contributed by atoms with Crippen molar-refractivity contribution in [2.24, 2.45) is 0 Å². The molecule has 14 heavy (non-hydrogen) atoms. The Labute approximate surface area is 85.3 Å². The Kier molecular flexibility index (Phi) is 3.14. The van der Waals surface area contributed by atoms with E-state index < -0.39 is 0 Å². The summed E-state index contributed by atoms with van der Waals surface area (Å²) in [4.78, 5) is 10.8. The highest BCUT2D eigenvalue weighted by Gasteiger charge is 2.20. The lowest BCUT2D eigenvalue weighted by atomic mass is 9.93. The maximum absolute atomic E-state index is 10.8. The Morgan fingerprint density at radius 3 is 2.50 bits per heavy atom. The summed E-state index contributed by atoms with van der Waals surface area (Å²) in [7, 11) is 0. The Hall–Kier alpha value is -1.05. The van der Waals surface area contributed by atoms with Crippen LogP contribution < -0.4 is 0 Å². The molecule has 0 amide bonds. The van der Waals surface area contributed by atoms with Gasteiger partial charge < -0.3 is 4.42 Å². The maximum atomic E-state index is 10.8. The molecule has 1 aromatic heterocycles. The third kappa shape index (κ3) is 2.25. The van der Waals surface area contributed by atoms with Gasteiger partial charge in [-0.2, -0.15) is 0 Å². The zero-order valence-electron chi connectivity index (χ0n) is 9.39. The van der Waals surface area contributed by atoms with Crippen LogP contribution in [0.5, 0.6) is 0 Å². The number of aryl methyl sites for hydroxylation is 1. The van der Waals surface area contributed by atoms with Crippen LogP contribution in [0.1, 0.15) is 56.0 Å². The van der Waals surface area contributed by atoms with Crippen molar-refractivity contribution in [2.75, 3.05) is 0 Å². The van der Waals surface area contributed by atoms with Crippen molar-refractivity contribution in [3.05, 3.63) is 23.2 Å². The fourth-order valence-electron chi connectivity index (χ4n) is 1.33. The number of carbonyl (C=O) groups is 1. The van der Waals surface area contributed by atoms with E-state index in [9.17, 15) is 4.79 Å². The molecule has 2 heteroatoms. The zero-order valence-corrected chi connectivity index (χ0v) is 9.39. The Balaban J connectivity index is 3.06. The van der Waals surface area contributed by atoms with E-state index in [1.54, 1.807) is 0 Å². The molecular formula is C12H18O2. The monoisotopic (exact) mass is 194 g/mol. The summed E-state index contributed by atoms with van der Waals surface area (Å²) in [5, 5.41) is 0. The molecule has 0 radical (unpaired) electrons. The van der Waals surface area contributed by atoms with Crippen molar-refractivity contribution in [1.82, 2.24) is 0 Å². The van der Waals surface area contributed by atoms with E-state index in [1.807, 2.05) is 6.07 Å². The van der Waals surface area contributed by atoms with Crippen molar-refractivity contribution in [3.8, 4) is 0 Å². The molecule has 0 aliphatic carbocycles. The smallest absolute Gasteiger partial charge is 0.153 e. The van der Waals surface area contributed by atoms with Gasteiger partial charge in [-0.3, -0.25) is 4.79 Å². The molecule has 0 aliphatic heterocycles. The summed E-state index contributed by atoms with van der Waals surface area (Å²) < 4.78 is 5.68. The highest BCUT2D eigenvalue weighted by Crippen LogP contribution is 2.27. The minimum atomic E-state index is -0.0241. The molecule has 2 nitrogen and oxygen atoms in total. The summed E-state index contributed by atoms with van der Waals surface area (Å²) in [5.41, 5.74) is 0.681.